The largest absolute Gasteiger partial charge is 0.315 e. The van der Waals surface area contributed by atoms with Gasteiger partial charge < -0.3 is 5.32 Å². The number of nitrogens with one attached hydrogen (secondary N) is 1. The van der Waals surface area contributed by atoms with Gasteiger partial charge in [-0.05, 0) is 47.9 Å². The van der Waals surface area contributed by atoms with Crippen LogP contribution >= 0.6 is 27.5 Å². The van der Waals surface area contributed by atoms with Crippen molar-refractivity contribution in [1.82, 2.24) is 5.32 Å². The van der Waals surface area contributed by atoms with E-state index in [2.05, 4.69) is 21.2 Å². The molecule has 0 unspecified atom stereocenters. The van der Waals surface area contributed by atoms with E-state index in [1.807, 2.05) is 30.3 Å². The molecule has 1 heterocycles. The van der Waals surface area contributed by atoms with Crippen LogP contribution in [0.25, 0.3) is 0 Å². The quantitative estimate of drug-likeness (QED) is 0.865. The van der Waals surface area contributed by atoms with Gasteiger partial charge in [0.1, 0.15) is 5.82 Å². The summed E-state index contributed by atoms with van der Waals surface area (Å²) >= 11 is 9.36. The molecule has 1 fully saturated rings. The average Bonchev–Trinajstić information content (AvgIpc) is 2.39. The van der Waals surface area contributed by atoms with Gasteiger partial charge in [0.25, 0.3) is 0 Å². The van der Waals surface area contributed by atoms with Crippen molar-refractivity contribution < 1.29 is 4.39 Å². The molecule has 0 radical (unpaired) electrons. The Morgan fingerprint density at radius 1 is 1.15 bits per heavy atom. The van der Waals surface area contributed by atoms with Crippen LogP contribution in [0.4, 0.5) is 4.39 Å². The van der Waals surface area contributed by atoms with Crippen LogP contribution in [0.5, 0.6) is 0 Å². The first-order chi connectivity index (χ1) is 9.59. The molecule has 0 saturated carbocycles. The van der Waals surface area contributed by atoms with Crippen LogP contribution in [0.15, 0.2) is 46.9 Å². The van der Waals surface area contributed by atoms with Crippen LogP contribution < -0.4 is 5.32 Å². The molecule has 0 bridgehead atoms. The summed E-state index contributed by atoms with van der Waals surface area (Å²) in [6.45, 7) is 1.72. The molecule has 4 heteroatoms. The van der Waals surface area contributed by atoms with Crippen LogP contribution in [0.2, 0.25) is 5.02 Å². The monoisotopic (exact) mass is 353 g/mol. The van der Waals surface area contributed by atoms with Gasteiger partial charge >= 0.3 is 0 Å². The predicted octanol–water partition coefficient (Wildman–Crippen LogP) is 4.33. The van der Waals surface area contributed by atoms with Crippen LogP contribution in [-0.2, 0) is 11.8 Å². The summed E-state index contributed by atoms with van der Waals surface area (Å²) < 4.78 is 14.9. The number of rotatable bonds is 3. The van der Waals surface area contributed by atoms with Crippen molar-refractivity contribution in [1.29, 1.82) is 0 Å². The molecular formula is C16H14BrClFN. The minimum atomic E-state index is -0.145. The van der Waals surface area contributed by atoms with Gasteiger partial charge in [-0.1, -0.05) is 39.7 Å². The molecule has 0 aromatic heterocycles. The maximum Gasteiger partial charge on any atom is 0.126 e. The van der Waals surface area contributed by atoms with Gasteiger partial charge in [0.2, 0.25) is 0 Å². The van der Waals surface area contributed by atoms with Crippen molar-refractivity contribution in [2.24, 2.45) is 0 Å². The zero-order valence-corrected chi connectivity index (χ0v) is 13.1. The maximum absolute atomic E-state index is 14.0. The van der Waals surface area contributed by atoms with Crippen molar-refractivity contribution in [2.75, 3.05) is 13.1 Å². The second-order valence-electron chi connectivity index (χ2n) is 5.30. The van der Waals surface area contributed by atoms with Crippen LogP contribution in [0, 0.1) is 5.82 Å². The molecule has 1 aliphatic heterocycles. The molecular weight excluding hydrogens is 341 g/mol. The maximum atomic E-state index is 14.0. The van der Waals surface area contributed by atoms with E-state index >= 15 is 0 Å². The van der Waals surface area contributed by atoms with Gasteiger partial charge in [-0.3, -0.25) is 0 Å². The molecule has 104 valence electrons. The van der Waals surface area contributed by atoms with Crippen molar-refractivity contribution in [3.63, 3.8) is 0 Å². The first-order valence-electron chi connectivity index (χ1n) is 6.50. The van der Waals surface area contributed by atoms with Crippen molar-refractivity contribution in [3.05, 3.63) is 68.9 Å². The lowest BCUT2D eigenvalue weighted by molar-refractivity contribution is 0.272. The van der Waals surface area contributed by atoms with E-state index in [1.54, 1.807) is 6.07 Å². The Morgan fingerprint density at radius 2 is 1.85 bits per heavy atom. The number of hydrogen-bond donors (Lipinski definition) is 1. The first-order valence-corrected chi connectivity index (χ1v) is 7.67. The van der Waals surface area contributed by atoms with E-state index in [9.17, 15) is 4.39 Å². The molecule has 20 heavy (non-hydrogen) atoms. The van der Waals surface area contributed by atoms with E-state index < -0.39 is 0 Å². The van der Waals surface area contributed by atoms with E-state index in [0.29, 0.717) is 6.42 Å². The molecule has 2 aromatic rings. The summed E-state index contributed by atoms with van der Waals surface area (Å²) in [6.07, 6.45) is 0.687. The second-order valence-corrected chi connectivity index (χ2v) is 6.66. The fourth-order valence-electron chi connectivity index (χ4n) is 2.70. The fourth-order valence-corrected chi connectivity index (χ4v) is 3.24. The molecule has 0 aliphatic carbocycles. The molecule has 1 nitrogen and oxygen atoms in total. The Hall–Kier alpha value is -0.900. The minimum absolute atomic E-state index is 0.0355. The van der Waals surface area contributed by atoms with Gasteiger partial charge in [-0.2, -0.15) is 0 Å². The van der Waals surface area contributed by atoms with Crippen molar-refractivity contribution >= 4 is 27.5 Å². The van der Waals surface area contributed by atoms with Crippen molar-refractivity contribution in [3.8, 4) is 0 Å². The third-order valence-corrected chi connectivity index (χ3v) is 4.67. The van der Waals surface area contributed by atoms with Gasteiger partial charge in [0.15, 0.2) is 0 Å². The highest BCUT2D eigenvalue weighted by molar-refractivity contribution is 9.10. The van der Waals surface area contributed by atoms with E-state index in [0.717, 1.165) is 28.1 Å². The Kier molecular flexibility index (Phi) is 3.85. The molecule has 2 aromatic carbocycles. The Balaban J connectivity index is 1.93. The lowest BCUT2D eigenvalue weighted by atomic mass is 9.71. The van der Waals surface area contributed by atoms with Gasteiger partial charge in [-0.25, -0.2) is 4.39 Å². The van der Waals surface area contributed by atoms with Crippen LogP contribution in [0.3, 0.4) is 0 Å². The smallest absolute Gasteiger partial charge is 0.126 e. The Morgan fingerprint density at radius 3 is 2.45 bits per heavy atom. The van der Waals surface area contributed by atoms with E-state index in [4.69, 9.17) is 11.6 Å². The molecule has 1 N–H and O–H groups in total. The minimum Gasteiger partial charge on any atom is -0.315 e. The van der Waals surface area contributed by atoms with E-state index in [-0.39, 0.29) is 11.2 Å². The summed E-state index contributed by atoms with van der Waals surface area (Å²) in [7, 11) is 0. The molecule has 1 saturated heterocycles. The van der Waals surface area contributed by atoms with Crippen molar-refractivity contribution in [2.45, 2.75) is 11.8 Å². The molecule has 3 rings (SSSR count). The topological polar surface area (TPSA) is 12.0 Å². The molecule has 1 aliphatic rings. The molecule has 0 spiro atoms. The molecule has 0 atom stereocenters. The van der Waals surface area contributed by atoms with Gasteiger partial charge in [0, 0.05) is 28.0 Å². The second kappa shape index (κ2) is 5.47. The lowest BCUT2D eigenvalue weighted by Gasteiger charge is -2.43. The SMILES string of the molecule is Fc1ccc(Br)cc1CC1(c2ccc(Cl)cc2)CNC1. The lowest BCUT2D eigenvalue weighted by Crippen LogP contribution is -2.58. The van der Waals surface area contributed by atoms with Crippen LogP contribution in [-0.4, -0.2) is 13.1 Å². The standard InChI is InChI=1S/C16H14BrClFN/c17-13-3-6-15(19)11(7-13)8-16(9-20-10-16)12-1-4-14(18)5-2-12/h1-7,20H,8-10H2. The van der Waals surface area contributed by atoms with Gasteiger partial charge in [-0.15, -0.1) is 0 Å². The Bertz CT molecular complexity index is 623. The normalized spacial score (nSPS) is 16.8. The highest BCUT2D eigenvalue weighted by atomic mass is 79.9. The average molecular weight is 355 g/mol. The summed E-state index contributed by atoms with van der Waals surface area (Å²) in [5, 5.41) is 4.03. The summed E-state index contributed by atoms with van der Waals surface area (Å²) in [4.78, 5) is 0. The van der Waals surface area contributed by atoms with Crippen LogP contribution in [0.1, 0.15) is 11.1 Å². The number of hydrogen-bond acceptors (Lipinski definition) is 1. The zero-order chi connectivity index (χ0) is 14.2. The Labute approximate surface area is 131 Å². The zero-order valence-electron chi connectivity index (χ0n) is 10.8. The summed E-state index contributed by atoms with van der Waals surface area (Å²) in [5.41, 5.74) is 1.92. The number of benzene rings is 2. The highest BCUT2D eigenvalue weighted by Gasteiger charge is 2.39. The van der Waals surface area contributed by atoms with Gasteiger partial charge in [0.05, 0.1) is 0 Å². The predicted molar refractivity (Wildman–Crippen MR) is 83.8 cm³/mol. The molecule has 0 amide bonds. The summed E-state index contributed by atoms with van der Waals surface area (Å²) in [6, 6.07) is 13.0. The van der Waals surface area contributed by atoms with E-state index in [1.165, 1.54) is 11.6 Å². The third kappa shape index (κ3) is 2.62. The summed E-state index contributed by atoms with van der Waals surface area (Å²) in [5.74, 6) is -0.145. The first kappa shape index (κ1) is 14.1. The third-order valence-electron chi connectivity index (χ3n) is 3.92. The highest BCUT2D eigenvalue weighted by Crippen LogP contribution is 2.34. The fraction of sp³-hybridized carbons (Fsp3) is 0.250. The number of halogens is 3.